The molecule has 2 aromatic heterocycles. The Morgan fingerprint density at radius 2 is 2.35 bits per heavy atom. The lowest BCUT2D eigenvalue weighted by atomic mass is 10.2. The maximum atomic E-state index is 4.34. The maximum Gasteiger partial charge on any atom is 0.153 e. The fourth-order valence-corrected chi connectivity index (χ4v) is 2.06. The third-order valence-corrected chi connectivity index (χ3v) is 3.32. The second-order valence-electron chi connectivity index (χ2n) is 4.28. The molecule has 3 rings (SSSR count). The van der Waals surface area contributed by atoms with E-state index in [0.717, 1.165) is 22.0 Å². The summed E-state index contributed by atoms with van der Waals surface area (Å²) >= 11 is 2.25. The Morgan fingerprint density at radius 3 is 3.06 bits per heavy atom. The predicted octanol–water partition coefficient (Wildman–Crippen LogP) is 2.12. The van der Waals surface area contributed by atoms with Gasteiger partial charge in [0.15, 0.2) is 5.82 Å². The highest BCUT2D eigenvalue weighted by Crippen LogP contribution is 2.19. The lowest BCUT2D eigenvalue weighted by Crippen LogP contribution is -2.15. The average molecular weight is 340 g/mol. The van der Waals surface area contributed by atoms with E-state index >= 15 is 0 Å². The standard InChI is InChI=1S/C12H13IN4/c13-10-7-16-17(8-10)12-5-9(3-4-14-12)6-15-11-1-2-11/h3-5,7-8,11,15H,1-2,6H2. The Balaban J connectivity index is 1.77. The molecule has 0 bridgehead atoms. The second-order valence-corrected chi connectivity index (χ2v) is 5.53. The summed E-state index contributed by atoms with van der Waals surface area (Å²) in [5, 5.41) is 7.76. The molecular weight excluding hydrogens is 327 g/mol. The minimum absolute atomic E-state index is 0.734. The topological polar surface area (TPSA) is 42.7 Å². The van der Waals surface area contributed by atoms with Gasteiger partial charge < -0.3 is 5.32 Å². The van der Waals surface area contributed by atoms with Crippen molar-refractivity contribution < 1.29 is 0 Å². The lowest BCUT2D eigenvalue weighted by molar-refractivity contribution is 0.685. The normalized spacial score (nSPS) is 15.1. The molecule has 1 aliphatic rings. The summed E-state index contributed by atoms with van der Waals surface area (Å²) in [5.74, 6) is 0.878. The largest absolute Gasteiger partial charge is 0.310 e. The Labute approximate surface area is 114 Å². The van der Waals surface area contributed by atoms with Crippen molar-refractivity contribution in [2.75, 3.05) is 0 Å². The fraction of sp³-hybridized carbons (Fsp3) is 0.333. The quantitative estimate of drug-likeness (QED) is 0.867. The molecule has 1 N–H and O–H groups in total. The highest BCUT2D eigenvalue weighted by atomic mass is 127. The van der Waals surface area contributed by atoms with E-state index in [9.17, 15) is 0 Å². The van der Waals surface area contributed by atoms with Crippen molar-refractivity contribution in [1.82, 2.24) is 20.1 Å². The van der Waals surface area contributed by atoms with Crippen LogP contribution >= 0.6 is 22.6 Å². The first-order valence-electron chi connectivity index (χ1n) is 5.70. The Bertz CT molecular complexity index is 519. The van der Waals surface area contributed by atoms with Crippen LogP contribution in [0.2, 0.25) is 0 Å². The third-order valence-electron chi connectivity index (χ3n) is 2.77. The zero-order chi connectivity index (χ0) is 11.7. The first kappa shape index (κ1) is 11.2. The zero-order valence-corrected chi connectivity index (χ0v) is 11.5. The van der Waals surface area contributed by atoms with Gasteiger partial charge in [-0.2, -0.15) is 5.10 Å². The molecule has 1 fully saturated rings. The summed E-state index contributed by atoms with van der Waals surface area (Å²) in [6.45, 7) is 0.915. The smallest absolute Gasteiger partial charge is 0.153 e. The van der Waals surface area contributed by atoms with Gasteiger partial charge in [-0.05, 0) is 53.1 Å². The van der Waals surface area contributed by atoms with Crippen LogP contribution in [0.1, 0.15) is 18.4 Å². The zero-order valence-electron chi connectivity index (χ0n) is 9.31. The number of pyridine rings is 1. The molecule has 88 valence electrons. The van der Waals surface area contributed by atoms with Gasteiger partial charge in [-0.1, -0.05) is 0 Å². The van der Waals surface area contributed by atoms with E-state index < -0.39 is 0 Å². The van der Waals surface area contributed by atoms with Crippen LogP contribution < -0.4 is 5.32 Å². The van der Waals surface area contributed by atoms with E-state index in [-0.39, 0.29) is 0 Å². The van der Waals surface area contributed by atoms with E-state index in [2.05, 4.69) is 44.1 Å². The summed E-state index contributed by atoms with van der Waals surface area (Å²) in [6, 6.07) is 4.86. The van der Waals surface area contributed by atoms with Crippen LogP contribution in [0.5, 0.6) is 0 Å². The Hall–Kier alpha value is -0.950. The monoisotopic (exact) mass is 340 g/mol. The molecule has 0 aliphatic heterocycles. The number of aromatic nitrogens is 3. The highest BCUT2D eigenvalue weighted by molar-refractivity contribution is 14.1. The van der Waals surface area contributed by atoms with Crippen LogP contribution in [0.25, 0.3) is 5.82 Å². The molecular formula is C12H13IN4. The van der Waals surface area contributed by atoms with Crippen LogP contribution in [0, 0.1) is 3.57 Å². The highest BCUT2D eigenvalue weighted by Gasteiger charge is 2.19. The van der Waals surface area contributed by atoms with Gasteiger partial charge in [-0.25, -0.2) is 9.67 Å². The number of halogens is 1. The number of nitrogens with one attached hydrogen (secondary N) is 1. The summed E-state index contributed by atoms with van der Waals surface area (Å²) in [6.07, 6.45) is 8.27. The molecule has 2 heterocycles. The fourth-order valence-electron chi connectivity index (χ4n) is 1.67. The van der Waals surface area contributed by atoms with Crippen LogP contribution in [0.3, 0.4) is 0 Å². The van der Waals surface area contributed by atoms with Crippen LogP contribution in [-0.4, -0.2) is 20.8 Å². The van der Waals surface area contributed by atoms with Crippen molar-refractivity contribution in [2.24, 2.45) is 0 Å². The minimum Gasteiger partial charge on any atom is -0.310 e. The molecule has 5 heteroatoms. The molecule has 0 atom stereocenters. The van der Waals surface area contributed by atoms with Crippen molar-refractivity contribution >= 4 is 22.6 Å². The SMILES string of the molecule is Ic1cnn(-c2cc(CNC3CC3)ccn2)c1. The van der Waals surface area contributed by atoms with E-state index in [1.165, 1.54) is 18.4 Å². The molecule has 1 saturated carbocycles. The predicted molar refractivity (Wildman–Crippen MR) is 73.9 cm³/mol. The summed E-state index contributed by atoms with van der Waals surface area (Å²) < 4.78 is 2.92. The van der Waals surface area contributed by atoms with Crippen molar-refractivity contribution in [3.8, 4) is 5.82 Å². The van der Waals surface area contributed by atoms with Crippen molar-refractivity contribution in [3.05, 3.63) is 39.9 Å². The van der Waals surface area contributed by atoms with Gasteiger partial charge in [0.1, 0.15) is 0 Å². The van der Waals surface area contributed by atoms with E-state index in [4.69, 9.17) is 0 Å². The van der Waals surface area contributed by atoms with Crippen molar-refractivity contribution in [3.63, 3.8) is 0 Å². The minimum atomic E-state index is 0.734. The lowest BCUT2D eigenvalue weighted by Gasteiger charge is -2.05. The Kier molecular flexibility index (Phi) is 3.11. The average Bonchev–Trinajstić information content (AvgIpc) is 3.08. The number of hydrogen-bond donors (Lipinski definition) is 1. The molecule has 0 aromatic carbocycles. The van der Waals surface area contributed by atoms with Crippen LogP contribution in [-0.2, 0) is 6.54 Å². The van der Waals surface area contributed by atoms with Crippen molar-refractivity contribution in [2.45, 2.75) is 25.4 Å². The molecule has 0 unspecified atom stereocenters. The Morgan fingerprint density at radius 1 is 1.47 bits per heavy atom. The van der Waals surface area contributed by atoms with E-state index in [1.807, 2.05) is 29.3 Å². The number of rotatable bonds is 4. The van der Waals surface area contributed by atoms with Gasteiger partial charge in [0, 0.05) is 25.0 Å². The van der Waals surface area contributed by atoms with Gasteiger partial charge in [0.05, 0.1) is 9.77 Å². The maximum absolute atomic E-state index is 4.34. The summed E-state index contributed by atoms with van der Waals surface area (Å²) in [4.78, 5) is 4.34. The molecule has 0 amide bonds. The van der Waals surface area contributed by atoms with Gasteiger partial charge in [0.25, 0.3) is 0 Å². The first-order valence-corrected chi connectivity index (χ1v) is 6.78. The number of nitrogens with zero attached hydrogens (tertiary/aromatic N) is 3. The van der Waals surface area contributed by atoms with E-state index in [0.29, 0.717) is 0 Å². The third kappa shape index (κ3) is 2.84. The van der Waals surface area contributed by atoms with Gasteiger partial charge in [-0.3, -0.25) is 0 Å². The summed E-state index contributed by atoms with van der Waals surface area (Å²) in [7, 11) is 0. The second kappa shape index (κ2) is 4.73. The molecule has 2 aromatic rings. The molecule has 0 saturated heterocycles. The van der Waals surface area contributed by atoms with Crippen LogP contribution in [0.15, 0.2) is 30.7 Å². The van der Waals surface area contributed by atoms with Gasteiger partial charge in [0.2, 0.25) is 0 Å². The van der Waals surface area contributed by atoms with Crippen LogP contribution in [0.4, 0.5) is 0 Å². The van der Waals surface area contributed by atoms with E-state index in [1.54, 1.807) is 0 Å². The van der Waals surface area contributed by atoms with Crippen molar-refractivity contribution in [1.29, 1.82) is 0 Å². The van der Waals surface area contributed by atoms with Gasteiger partial charge >= 0.3 is 0 Å². The molecule has 4 nitrogen and oxygen atoms in total. The van der Waals surface area contributed by atoms with Gasteiger partial charge in [-0.15, -0.1) is 0 Å². The molecule has 17 heavy (non-hydrogen) atoms. The first-order chi connectivity index (χ1) is 8.31. The molecule has 0 spiro atoms. The molecule has 1 aliphatic carbocycles. The number of hydrogen-bond acceptors (Lipinski definition) is 3. The molecule has 0 radical (unpaired) electrons. The summed E-state index contributed by atoms with van der Waals surface area (Å²) in [5.41, 5.74) is 1.26.